The number of hydrazone groups is 1. The van der Waals surface area contributed by atoms with Crippen LogP contribution in [0.25, 0.3) is 0 Å². The molecule has 3 aromatic rings. The summed E-state index contributed by atoms with van der Waals surface area (Å²) in [7, 11) is 0. The molecule has 0 saturated heterocycles. The summed E-state index contributed by atoms with van der Waals surface area (Å²) < 4.78 is 13.0. The maximum atomic E-state index is 13.0. The lowest BCUT2D eigenvalue weighted by Crippen LogP contribution is -2.25. The van der Waals surface area contributed by atoms with Crippen LogP contribution in [0.1, 0.15) is 27.1 Å². The molecule has 0 bridgehead atoms. The van der Waals surface area contributed by atoms with E-state index in [9.17, 15) is 23.9 Å². The highest BCUT2D eigenvalue weighted by atomic mass is 19.1. The Labute approximate surface area is 177 Å². The number of hydrogen-bond donors (Lipinski definition) is 3. The van der Waals surface area contributed by atoms with E-state index < -0.39 is 35.6 Å². The van der Waals surface area contributed by atoms with Crippen LogP contribution in [-0.4, -0.2) is 28.5 Å². The molecular formula is C23H18FN3O4. The van der Waals surface area contributed by atoms with Gasteiger partial charge in [-0.3, -0.25) is 9.59 Å². The molecule has 0 unspecified atom stereocenters. The Balaban J connectivity index is 1.74. The first-order valence-corrected chi connectivity index (χ1v) is 9.24. The molecular weight excluding hydrogens is 401 g/mol. The number of rotatable bonds is 8. The van der Waals surface area contributed by atoms with Crippen molar-refractivity contribution in [3.63, 3.8) is 0 Å². The number of aliphatic carboxylic acids is 1. The van der Waals surface area contributed by atoms with Gasteiger partial charge in [0.05, 0.1) is 17.7 Å². The maximum absolute atomic E-state index is 13.0. The predicted octanol–water partition coefficient (Wildman–Crippen LogP) is 4.01. The lowest BCUT2D eigenvalue weighted by atomic mass is 10.1. The Morgan fingerprint density at radius 3 is 2.19 bits per heavy atom. The van der Waals surface area contributed by atoms with Gasteiger partial charge in [0.15, 0.2) is 11.5 Å². The number of carboxylic acids is 1. The molecule has 0 aliphatic carbocycles. The van der Waals surface area contributed by atoms with Gasteiger partial charge in [0.1, 0.15) is 5.82 Å². The van der Waals surface area contributed by atoms with Crippen molar-refractivity contribution in [3.8, 4) is 0 Å². The lowest BCUT2D eigenvalue weighted by molar-refractivity contribution is -0.129. The van der Waals surface area contributed by atoms with Crippen LogP contribution in [0.4, 0.5) is 15.8 Å². The van der Waals surface area contributed by atoms with Gasteiger partial charge in [0.2, 0.25) is 0 Å². The highest BCUT2D eigenvalue weighted by Gasteiger charge is 2.18. The standard InChI is InChI=1S/C23H18FN3O4/c24-16-12-10-15(11-13-16)21(28)14-20(23(30)31)26-27-22(29)18-8-4-5-9-19(18)25-17-6-2-1-3-7-17/h1-13,25H,14H2,(H,27,29)(H,30,31). The van der Waals surface area contributed by atoms with Crippen molar-refractivity contribution in [2.75, 3.05) is 5.32 Å². The zero-order valence-electron chi connectivity index (χ0n) is 16.2. The topological polar surface area (TPSA) is 108 Å². The Bertz CT molecular complexity index is 1130. The summed E-state index contributed by atoms with van der Waals surface area (Å²) >= 11 is 0. The number of hydrogen-bond acceptors (Lipinski definition) is 5. The smallest absolute Gasteiger partial charge is 0.352 e. The molecule has 0 atom stereocenters. The third kappa shape index (κ3) is 5.83. The Hall–Kier alpha value is -4.33. The molecule has 0 saturated carbocycles. The maximum Gasteiger partial charge on any atom is 0.352 e. The number of ketones is 1. The zero-order valence-corrected chi connectivity index (χ0v) is 16.2. The number of carbonyl (C=O) groups is 3. The quantitative estimate of drug-likeness (QED) is 0.290. The third-order valence-corrected chi connectivity index (χ3v) is 4.26. The molecule has 1 amide bonds. The summed E-state index contributed by atoms with van der Waals surface area (Å²) in [5.74, 6) is -3.18. The van der Waals surface area contributed by atoms with E-state index in [2.05, 4.69) is 15.8 Å². The van der Waals surface area contributed by atoms with Crippen molar-refractivity contribution < 1.29 is 23.9 Å². The molecule has 3 N–H and O–H groups in total. The summed E-state index contributed by atoms with van der Waals surface area (Å²) in [6, 6.07) is 20.6. The molecule has 0 fully saturated rings. The van der Waals surface area contributed by atoms with Crippen LogP contribution in [0.2, 0.25) is 0 Å². The van der Waals surface area contributed by atoms with Crippen LogP contribution < -0.4 is 10.7 Å². The minimum absolute atomic E-state index is 0.138. The fraction of sp³-hybridized carbons (Fsp3) is 0.0435. The van der Waals surface area contributed by atoms with Crippen LogP contribution in [0.15, 0.2) is 84.0 Å². The van der Waals surface area contributed by atoms with Crippen molar-refractivity contribution in [2.45, 2.75) is 6.42 Å². The molecule has 0 aliphatic heterocycles. The van der Waals surface area contributed by atoms with Crippen molar-refractivity contribution in [1.29, 1.82) is 0 Å². The fourth-order valence-corrected chi connectivity index (χ4v) is 2.70. The molecule has 0 heterocycles. The number of anilines is 2. The average Bonchev–Trinajstić information content (AvgIpc) is 2.77. The molecule has 156 valence electrons. The normalized spacial score (nSPS) is 10.9. The molecule has 31 heavy (non-hydrogen) atoms. The molecule has 0 spiro atoms. The number of nitrogens with one attached hydrogen (secondary N) is 2. The Kier molecular flexibility index (Phi) is 6.85. The largest absolute Gasteiger partial charge is 0.477 e. The molecule has 0 aromatic heterocycles. The highest BCUT2D eigenvalue weighted by molar-refractivity contribution is 6.40. The van der Waals surface area contributed by atoms with E-state index >= 15 is 0 Å². The van der Waals surface area contributed by atoms with Crippen LogP contribution in [0.5, 0.6) is 0 Å². The van der Waals surface area contributed by atoms with Crippen LogP contribution in [-0.2, 0) is 4.79 Å². The molecule has 0 aliphatic rings. The molecule has 0 radical (unpaired) electrons. The monoisotopic (exact) mass is 419 g/mol. The van der Waals surface area contributed by atoms with E-state index in [1.165, 1.54) is 12.1 Å². The number of carbonyl (C=O) groups excluding carboxylic acids is 2. The highest BCUT2D eigenvalue weighted by Crippen LogP contribution is 2.20. The number of nitrogens with zero attached hydrogens (tertiary/aromatic N) is 1. The SMILES string of the molecule is O=C(O)C(CC(=O)c1ccc(F)cc1)=NNC(=O)c1ccccc1Nc1ccccc1. The Morgan fingerprint density at radius 1 is 0.871 bits per heavy atom. The van der Waals surface area contributed by atoms with Crippen molar-refractivity contribution in [2.24, 2.45) is 5.10 Å². The number of carboxylic acid groups (broad SMARTS) is 1. The first kappa shape index (κ1) is 21.4. The second-order valence-electron chi connectivity index (χ2n) is 6.45. The molecule has 8 heteroatoms. The van der Waals surface area contributed by atoms with Gasteiger partial charge >= 0.3 is 5.97 Å². The minimum atomic E-state index is -1.45. The van der Waals surface area contributed by atoms with E-state index in [1.54, 1.807) is 24.3 Å². The van der Waals surface area contributed by atoms with Crippen LogP contribution in [0.3, 0.4) is 0 Å². The first-order valence-electron chi connectivity index (χ1n) is 9.24. The van der Waals surface area contributed by atoms with E-state index in [4.69, 9.17) is 0 Å². The number of halogens is 1. The van der Waals surface area contributed by atoms with Gasteiger partial charge in [-0.1, -0.05) is 30.3 Å². The van der Waals surface area contributed by atoms with Crippen LogP contribution in [0, 0.1) is 5.82 Å². The average molecular weight is 419 g/mol. The number of benzene rings is 3. The summed E-state index contributed by atoms with van der Waals surface area (Å²) in [5, 5.41) is 16.1. The van der Waals surface area contributed by atoms with Gasteiger partial charge < -0.3 is 10.4 Å². The van der Waals surface area contributed by atoms with Gasteiger partial charge in [-0.05, 0) is 48.5 Å². The lowest BCUT2D eigenvalue weighted by Gasteiger charge is -2.11. The zero-order chi connectivity index (χ0) is 22.2. The van der Waals surface area contributed by atoms with Crippen LogP contribution >= 0.6 is 0 Å². The van der Waals surface area contributed by atoms with Crippen molar-refractivity contribution in [1.82, 2.24) is 5.43 Å². The number of amides is 1. The van der Waals surface area contributed by atoms with E-state index in [1.807, 2.05) is 30.3 Å². The van der Waals surface area contributed by atoms with Gasteiger partial charge in [-0.25, -0.2) is 14.6 Å². The van der Waals surface area contributed by atoms with E-state index in [0.29, 0.717) is 5.69 Å². The van der Waals surface area contributed by atoms with Crippen molar-refractivity contribution in [3.05, 3.63) is 95.8 Å². The predicted molar refractivity (Wildman–Crippen MR) is 114 cm³/mol. The minimum Gasteiger partial charge on any atom is -0.477 e. The number of Topliss-reactive ketones (excluding diaryl/α,β-unsaturated/α-hetero) is 1. The molecule has 3 rings (SSSR count). The Morgan fingerprint density at radius 2 is 1.52 bits per heavy atom. The van der Waals surface area contributed by atoms with Gasteiger partial charge in [0, 0.05) is 11.3 Å². The summed E-state index contributed by atoms with van der Waals surface area (Å²) in [6.07, 6.45) is -0.564. The summed E-state index contributed by atoms with van der Waals surface area (Å²) in [4.78, 5) is 36.3. The fourth-order valence-electron chi connectivity index (χ4n) is 2.70. The second-order valence-corrected chi connectivity index (χ2v) is 6.45. The first-order chi connectivity index (χ1) is 14.9. The molecule has 7 nitrogen and oxygen atoms in total. The van der Waals surface area contributed by atoms with E-state index in [-0.39, 0.29) is 11.1 Å². The van der Waals surface area contributed by atoms with Gasteiger partial charge in [-0.15, -0.1) is 0 Å². The van der Waals surface area contributed by atoms with Gasteiger partial charge in [0.25, 0.3) is 5.91 Å². The summed E-state index contributed by atoms with van der Waals surface area (Å²) in [5.41, 5.74) is 3.29. The van der Waals surface area contributed by atoms with E-state index in [0.717, 1.165) is 17.8 Å². The molecule has 3 aromatic carbocycles. The summed E-state index contributed by atoms with van der Waals surface area (Å²) in [6.45, 7) is 0. The third-order valence-electron chi connectivity index (χ3n) is 4.26. The second kappa shape index (κ2) is 9.93. The number of para-hydroxylation sites is 2. The van der Waals surface area contributed by atoms with Crippen molar-refractivity contribution >= 4 is 34.7 Å². The van der Waals surface area contributed by atoms with Gasteiger partial charge in [-0.2, -0.15) is 5.10 Å².